The predicted octanol–water partition coefficient (Wildman–Crippen LogP) is 2.19. The highest BCUT2D eigenvalue weighted by atomic mass is 19.4. The normalized spacial score (nSPS) is 15.4. The molecule has 2 nitrogen and oxygen atoms in total. The summed E-state index contributed by atoms with van der Waals surface area (Å²) in [5.74, 6) is -0.826. The number of carbonyl (C=O) groups excluding carboxylic acids is 1. The third kappa shape index (κ3) is 1.21. The van der Waals surface area contributed by atoms with Gasteiger partial charge in [0.05, 0.1) is 5.56 Å². The minimum absolute atomic E-state index is 0.0137. The van der Waals surface area contributed by atoms with Gasteiger partial charge >= 0.3 is 6.18 Å². The van der Waals surface area contributed by atoms with Crippen molar-refractivity contribution in [1.29, 1.82) is 0 Å². The highest BCUT2D eigenvalue weighted by Crippen LogP contribution is 2.29. The van der Waals surface area contributed by atoms with E-state index in [4.69, 9.17) is 0 Å². The maximum Gasteiger partial charge on any atom is 0.434 e. The van der Waals surface area contributed by atoms with Crippen molar-refractivity contribution < 1.29 is 18.0 Å². The van der Waals surface area contributed by atoms with Gasteiger partial charge in [0.15, 0.2) is 5.71 Å². The number of amides is 1. The van der Waals surface area contributed by atoms with E-state index in [9.17, 15) is 18.0 Å². The Labute approximate surface area is 77.1 Å². The molecule has 2 rings (SSSR count). The third-order valence-corrected chi connectivity index (χ3v) is 1.89. The number of hydrogen-bond donors (Lipinski definition) is 0. The highest BCUT2D eigenvalue weighted by Gasteiger charge is 2.42. The van der Waals surface area contributed by atoms with Crippen LogP contribution in [0, 0.1) is 0 Å². The first-order valence-electron chi connectivity index (χ1n) is 3.80. The van der Waals surface area contributed by atoms with E-state index in [0.29, 0.717) is 0 Å². The largest absolute Gasteiger partial charge is 0.434 e. The molecule has 1 aliphatic heterocycles. The van der Waals surface area contributed by atoms with E-state index in [1.165, 1.54) is 24.3 Å². The summed E-state index contributed by atoms with van der Waals surface area (Å²) in [6.07, 6.45) is -4.57. The van der Waals surface area contributed by atoms with Crippen LogP contribution in [0.1, 0.15) is 15.9 Å². The van der Waals surface area contributed by atoms with Crippen LogP contribution in [0.3, 0.4) is 0 Å². The first kappa shape index (κ1) is 8.93. The van der Waals surface area contributed by atoms with Crippen LogP contribution in [-0.4, -0.2) is 17.8 Å². The van der Waals surface area contributed by atoms with Crippen molar-refractivity contribution in [3.8, 4) is 0 Å². The van der Waals surface area contributed by atoms with E-state index in [1.54, 1.807) is 0 Å². The van der Waals surface area contributed by atoms with Gasteiger partial charge in [-0.2, -0.15) is 13.2 Å². The van der Waals surface area contributed by atoms with Crippen LogP contribution in [0.15, 0.2) is 29.3 Å². The van der Waals surface area contributed by atoms with E-state index < -0.39 is 17.8 Å². The van der Waals surface area contributed by atoms with E-state index in [-0.39, 0.29) is 11.1 Å². The van der Waals surface area contributed by atoms with E-state index >= 15 is 0 Å². The van der Waals surface area contributed by atoms with Crippen LogP contribution < -0.4 is 0 Å². The van der Waals surface area contributed by atoms with E-state index in [2.05, 4.69) is 4.99 Å². The van der Waals surface area contributed by atoms with Crippen LogP contribution in [0.5, 0.6) is 0 Å². The van der Waals surface area contributed by atoms with Gasteiger partial charge in [-0.05, 0) is 6.07 Å². The molecule has 0 radical (unpaired) electrons. The Hall–Kier alpha value is -1.65. The zero-order valence-corrected chi connectivity index (χ0v) is 6.80. The predicted molar refractivity (Wildman–Crippen MR) is 43.4 cm³/mol. The number of alkyl halides is 3. The highest BCUT2D eigenvalue weighted by molar-refractivity contribution is 6.23. The average Bonchev–Trinajstić information content (AvgIpc) is 2.44. The molecule has 0 aromatic heterocycles. The molecule has 1 heterocycles. The first-order chi connectivity index (χ1) is 6.50. The summed E-state index contributed by atoms with van der Waals surface area (Å²) in [5.41, 5.74) is -1.22. The zero-order chi connectivity index (χ0) is 10.3. The molecule has 0 fully saturated rings. The molecule has 1 aliphatic rings. The number of carbonyl (C=O) groups is 1. The molecule has 72 valence electrons. The van der Waals surface area contributed by atoms with Gasteiger partial charge < -0.3 is 0 Å². The fourth-order valence-electron chi connectivity index (χ4n) is 1.31. The second-order valence-electron chi connectivity index (χ2n) is 2.81. The van der Waals surface area contributed by atoms with Gasteiger partial charge in [0.2, 0.25) is 0 Å². The lowest BCUT2D eigenvalue weighted by Crippen LogP contribution is -2.22. The summed E-state index contributed by atoms with van der Waals surface area (Å²) in [6.45, 7) is 0. The SMILES string of the molecule is O=C1N=C(C(F)(F)F)c2ccccc21. The molecule has 1 aromatic rings. The molecular weight excluding hydrogens is 195 g/mol. The van der Waals surface area contributed by atoms with Gasteiger partial charge in [-0.3, -0.25) is 4.79 Å². The fraction of sp³-hybridized carbons (Fsp3) is 0.111. The number of nitrogens with zero attached hydrogens (tertiary/aromatic N) is 1. The lowest BCUT2D eigenvalue weighted by atomic mass is 10.1. The maximum absolute atomic E-state index is 12.3. The van der Waals surface area contributed by atoms with E-state index in [0.717, 1.165) is 0 Å². The number of fused-ring (bicyclic) bond motifs is 1. The second-order valence-corrected chi connectivity index (χ2v) is 2.81. The van der Waals surface area contributed by atoms with Crippen LogP contribution >= 0.6 is 0 Å². The third-order valence-electron chi connectivity index (χ3n) is 1.89. The molecular formula is C9H4F3NO. The summed E-state index contributed by atoms with van der Waals surface area (Å²) < 4.78 is 37.0. The lowest BCUT2D eigenvalue weighted by Gasteiger charge is -2.05. The van der Waals surface area contributed by atoms with Crippen molar-refractivity contribution in [2.24, 2.45) is 4.99 Å². The van der Waals surface area contributed by atoms with E-state index in [1.807, 2.05) is 0 Å². The Morgan fingerprint density at radius 2 is 1.64 bits per heavy atom. The van der Waals surface area contributed by atoms with Gasteiger partial charge in [0, 0.05) is 5.56 Å². The molecule has 14 heavy (non-hydrogen) atoms. The molecule has 0 aliphatic carbocycles. The molecule has 0 spiro atoms. The van der Waals surface area contributed by atoms with Gasteiger partial charge in [-0.15, -0.1) is 0 Å². The van der Waals surface area contributed by atoms with Crippen molar-refractivity contribution in [1.82, 2.24) is 0 Å². The summed E-state index contributed by atoms with van der Waals surface area (Å²) in [6, 6.07) is 5.52. The van der Waals surface area contributed by atoms with Crippen LogP contribution in [0.4, 0.5) is 13.2 Å². The number of benzene rings is 1. The van der Waals surface area contributed by atoms with Gasteiger partial charge in [-0.25, -0.2) is 4.99 Å². The Kier molecular flexibility index (Phi) is 1.70. The smallest absolute Gasteiger partial charge is 0.267 e. The standard InChI is InChI=1S/C9H4F3NO/c10-9(11,12)7-5-3-1-2-4-6(5)8(14)13-7/h1-4H. The molecule has 0 N–H and O–H groups in total. The zero-order valence-electron chi connectivity index (χ0n) is 6.80. The number of rotatable bonds is 0. The van der Waals surface area contributed by atoms with Crippen LogP contribution in [0.25, 0.3) is 0 Å². The quantitative estimate of drug-likeness (QED) is 0.629. The molecule has 0 saturated carbocycles. The second kappa shape index (κ2) is 2.67. The Morgan fingerprint density at radius 3 is 2.21 bits per heavy atom. The summed E-state index contributed by atoms with van der Waals surface area (Å²) in [4.78, 5) is 14.0. The van der Waals surface area contributed by atoms with Crippen molar-refractivity contribution in [2.45, 2.75) is 6.18 Å². The van der Waals surface area contributed by atoms with Crippen molar-refractivity contribution in [3.05, 3.63) is 35.4 Å². The van der Waals surface area contributed by atoms with Crippen molar-refractivity contribution >= 4 is 11.6 Å². The molecule has 1 aromatic carbocycles. The summed E-state index contributed by atoms with van der Waals surface area (Å²) in [5, 5.41) is 0. The number of halogens is 3. The number of hydrogen-bond acceptors (Lipinski definition) is 1. The molecule has 0 atom stereocenters. The number of aliphatic imine (C=N–C) groups is 1. The van der Waals surface area contributed by atoms with Crippen molar-refractivity contribution in [3.63, 3.8) is 0 Å². The molecule has 0 saturated heterocycles. The summed E-state index contributed by atoms with van der Waals surface area (Å²) >= 11 is 0. The topological polar surface area (TPSA) is 29.4 Å². The Bertz CT molecular complexity index is 434. The van der Waals surface area contributed by atoms with Gasteiger partial charge in [0.1, 0.15) is 0 Å². The molecule has 0 unspecified atom stereocenters. The molecule has 0 bridgehead atoms. The van der Waals surface area contributed by atoms with Crippen molar-refractivity contribution in [2.75, 3.05) is 0 Å². The monoisotopic (exact) mass is 199 g/mol. The molecule has 5 heteroatoms. The minimum atomic E-state index is -4.57. The van der Waals surface area contributed by atoms with Gasteiger partial charge in [-0.1, -0.05) is 18.2 Å². The van der Waals surface area contributed by atoms with Gasteiger partial charge in [0.25, 0.3) is 5.91 Å². The Balaban J connectivity index is 2.60. The average molecular weight is 199 g/mol. The van der Waals surface area contributed by atoms with Crippen LogP contribution in [0.2, 0.25) is 0 Å². The minimum Gasteiger partial charge on any atom is -0.267 e. The van der Waals surface area contributed by atoms with Crippen LogP contribution in [-0.2, 0) is 0 Å². The fourth-order valence-corrected chi connectivity index (χ4v) is 1.31. The first-order valence-corrected chi connectivity index (χ1v) is 3.80. The summed E-state index contributed by atoms with van der Waals surface area (Å²) in [7, 11) is 0. The Morgan fingerprint density at radius 1 is 1.07 bits per heavy atom. The molecule has 1 amide bonds. The lowest BCUT2D eigenvalue weighted by molar-refractivity contribution is -0.0579. The maximum atomic E-state index is 12.3.